The van der Waals surface area contributed by atoms with Gasteiger partial charge in [-0.3, -0.25) is 4.57 Å². The van der Waals surface area contributed by atoms with Gasteiger partial charge in [-0.1, -0.05) is 63.2 Å². The highest BCUT2D eigenvalue weighted by molar-refractivity contribution is 6.11. The van der Waals surface area contributed by atoms with Crippen LogP contribution in [0.2, 0.25) is 0 Å². The van der Waals surface area contributed by atoms with Crippen molar-refractivity contribution in [1.82, 2.24) is 14.5 Å². The average molecular weight is 432 g/mol. The van der Waals surface area contributed by atoms with E-state index < -0.39 is 0 Å². The van der Waals surface area contributed by atoms with Crippen LogP contribution in [-0.2, 0) is 5.41 Å². The molecule has 0 fully saturated rings. The van der Waals surface area contributed by atoms with Crippen LogP contribution in [0, 0.1) is 6.92 Å². The van der Waals surface area contributed by atoms with Crippen molar-refractivity contribution >= 4 is 33.1 Å². The first kappa shape index (κ1) is 19.7. The number of hydrogen-bond donors (Lipinski definition) is 0. The van der Waals surface area contributed by atoms with Crippen molar-refractivity contribution in [2.45, 2.75) is 33.1 Å². The predicted octanol–water partition coefficient (Wildman–Crippen LogP) is 7.59. The van der Waals surface area contributed by atoms with E-state index in [4.69, 9.17) is 9.40 Å². The molecule has 0 atom stereocenters. The van der Waals surface area contributed by atoms with Crippen LogP contribution in [-0.4, -0.2) is 14.5 Å². The van der Waals surface area contributed by atoms with E-state index in [0.717, 1.165) is 50.2 Å². The number of benzene rings is 3. The molecule has 3 aromatic carbocycles. The monoisotopic (exact) mass is 431 g/mol. The number of fused-ring (bicyclic) bond motifs is 4. The highest BCUT2D eigenvalue weighted by atomic mass is 16.3. The summed E-state index contributed by atoms with van der Waals surface area (Å²) in [6.45, 7) is 8.82. The topological polar surface area (TPSA) is 43.9 Å². The van der Waals surface area contributed by atoms with Gasteiger partial charge in [0.05, 0.1) is 11.1 Å². The van der Waals surface area contributed by atoms with Crippen molar-refractivity contribution in [1.29, 1.82) is 0 Å². The molecule has 4 nitrogen and oxygen atoms in total. The summed E-state index contributed by atoms with van der Waals surface area (Å²) in [6.07, 6.45) is 1.86. The molecule has 162 valence electrons. The summed E-state index contributed by atoms with van der Waals surface area (Å²) < 4.78 is 8.67. The fourth-order valence-electron chi connectivity index (χ4n) is 4.79. The molecule has 0 aliphatic carbocycles. The second kappa shape index (κ2) is 7.04. The van der Waals surface area contributed by atoms with Crippen molar-refractivity contribution in [2.24, 2.45) is 0 Å². The van der Waals surface area contributed by atoms with Crippen molar-refractivity contribution < 1.29 is 4.42 Å². The summed E-state index contributed by atoms with van der Waals surface area (Å²) >= 11 is 0. The lowest BCUT2D eigenvalue weighted by Crippen LogP contribution is -2.13. The van der Waals surface area contributed by atoms with Gasteiger partial charge >= 0.3 is 0 Å². The Balaban J connectivity index is 1.78. The van der Waals surface area contributed by atoms with E-state index in [9.17, 15) is 0 Å². The zero-order valence-electron chi connectivity index (χ0n) is 19.3. The maximum absolute atomic E-state index is 6.43. The Kier molecular flexibility index (Phi) is 4.21. The minimum atomic E-state index is -0.0625. The molecule has 3 aromatic heterocycles. The van der Waals surface area contributed by atoms with Gasteiger partial charge < -0.3 is 4.42 Å². The van der Waals surface area contributed by atoms with E-state index in [-0.39, 0.29) is 5.41 Å². The van der Waals surface area contributed by atoms with Crippen LogP contribution in [0.15, 0.2) is 83.4 Å². The van der Waals surface area contributed by atoms with Gasteiger partial charge in [-0.05, 0) is 53.8 Å². The molecule has 0 N–H and O–H groups in total. The van der Waals surface area contributed by atoms with Gasteiger partial charge in [0.2, 0.25) is 0 Å². The highest BCUT2D eigenvalue weighted by Crippen LogP contribution is 2.40. The van der Waals surface area contributed by atoms with Gasteiger partial charge in [0.1, 0.15) is 11.2 Å². The molecule has 0 aliphatic rings. The predicted molar refractivity (Wildman–Crippen MR) is 135 cm³/mol. The summed E-state index contributed by atoms with van der Waals surface area (Å²) in [5.41, 5.74) is 7.89. The largest absolute Gasteiger partial charge is 0.455 e. The first-order chi connectivity index (χ1) is 15.9. The first-order valence-corrected chi connectivity index (χ1v) is 11.3. The van der Waals surface area contributed by atoms with Crippen LogP contribution in [0.1, 0.15) is 31.9 Å². The van der Waals surface area contributed by atoms with E-state index >= 15 is 0 Å². The van der Waals surface area contributed by atoms with Gasteiger partial charge in [-0.2, -0.15) is 0 Å². The number of imidazole rings is 1. The minimum absolute atomic E-state index is 0.0625. The van der Waals surface area contributed by atoms with Crippen molar-refractivity contribution in [2.75, 3.05) is 0 Å². The van der Waals surface area contributed by atoms with Gasteiger partial charge in [0.25, 0.3) is 0 Å². The lowest BCUT2D eigenvalue weighted by Gasteiger charge is -2.21. The second-order valence-electron chi connectivity index (χ2n) is 9.62. The van der Waals surface area contributed by atoms with Gasteiger partial charge in [0, 0.05) is 22.7 Å². The molecule has 0 saturated carbocycles. The number of nitrogens with zero attached hydrogens (tertiary/aromatic N) is 3. The lowest BCUT2D eigenvalue weighted by molar-refractivity contribution is 0.593. The third-order valence-corrected chi connectivity index (χ3v) is 6.35. The first-order valence-electron chi connectivity index (χ1n) is 11.3. The second-order valence-corrected chi connectivity index (χ2v) is 9.62. The maximum atomic E-state index is 6.43. The van der Waals surface area contributed by atoms with E-state index in [1.807, 2.05) is 24.4 Å². The molecule has 4 heteroatoms. The highest BCUT2D eigenvalue weighted by Gasteiger charge is 2.26. The molecule has 0 unspecified atom stereocenters. The fourth-order valence-corrected chi connectivity index (χ4v) is 4.79. The van der Waals surface area contributed by atoms with Crippen molar-refractivity contribution in [3.8, 4) is 17.1 Å². The van der Waals surface area contributed by atoms with Gasteiger partial charge in [-0.25, -0.2) is 9.97 Å². The smallest absolute Gasteiger partial charge is 0.178 e. The fraction of sp³-hybridized carbons (Fsp3) is 0.172. The number of hydrogen-bond acceptors (Lipinski definition) is 3. The Bertz CT molecular complexity index is 1650. The Morgan fingerprint density at radius 2 is 1.61 bits per heavy atom. The Hall–Kier alpha value is -3.92. The molecular formula is C29H25N3O. The third kappa shape index (κ3) is 2.98. The lowest BCUT2D eigenvalue weighted by atomic mass is 9.87. The molecule has 3 heterocycles. The van der Waals surface area contributed by atoms with Crippen molar-refractivity contribution in [3.05, 3.63) is 90.1 Å². The average Bonchev–Trinajstić information content (AvgIpc) is 3.38. The van der Waals surface area contributed by atoms with E-state index in [2.05, 4.69) is 91.8 Å². The summed E-state index contributed by atoms with van der Waals surface area (Å²) in [5.74, 6) is 0.837. The van der Waals surface area contributed by atoms with Crippen LogP contribution >= 0.6 is 0 Å². The molecule has 33 heavy (non-hydrogen) atoms. The Morgan fingerprint density at radius 3 is 2.39 bits per heavy atom. The van der Waals surface area contributed by atoms with E-state index in [1.165, 1.54) is 11.1 Å². The normalized spacial score (nSPS) is 12.2. The van der Waals surface area contributed by atoms with Gasteiger partial charge in [-0.15, -0.1) is 0 Å². The molecule has 0 spiro atoms. The molecule has 0 saturated heterocycles. The van der Waals surface area contributed by atoms with E-state index in [1.54, 1.807) is 0 Å². The molecule has 0 bridgehead atoms. The quantitative estimate of drug-likeness (QED) is 0.284. The Labute approximate surface area is 192 Å². The summed E-state index contributed by atoms with van der Waals surface area (Å²) in [5, 5.41) is 2.27. The molecular weight excluding hydrogens is 406 g/mol. The molecule has 0 radical (unpaired) electrons. The summed E-state index contributed by atoms with van der Waals surface area (Å²) in [4.78, 5) is 9.74. The Morgan fingerprint density at radius 1 is 0.848 bits per heavy atom. The zero-order valence-corrected chi connectivity index (χ0v) is 19.3. The third-order valence-electron chi connectivity index (χ3n) is 6.35. The van der Waals surface area contributed by atoms with Crippen molar-refractivity contribution in [3.63, 3.8) is 0 Å². The SMILES string of the molecule is Cc1ccc(-c2nc3nccc(C(C)(C)C)c3n2-c2ccccc2)c2oc3ccccc3c12. The molecule has 6 aromatic rings. The zero-order chi connectivity index (χ0) is 22.7. The molecule has 0 amide bonds. The number of aryl methyl sites for hydroxylation is 1. The van der Waals surface area contributed by atoms with E-state index in [0.29, 0.717) is 0 Å². The minimum Gasteiger partial charge on any atom is -0.455 e. The van der Waals surface area contributed by atoms with Gasteiger partial charge in [0.15, 0.2) is 11.5 Å². The standard InChI is InChI=1S/C29H25N3O/c1-18-14-15-21(26-24(18)20-12-8-9-13-23(20)33-26)28-31-27-25(22(16-17-30-27)29(2,3)4)32(28)19-10-6-5-7-11-19/h5-17H,1-4H3. The van der Waals surface area contributed by atoms with Crippen LogP contribution in [0.3, 0.4) is 0 Å². The number of para-hydroxylation sites is 2. The van der Waals surface area contributed by atoms with Crippen LogP contribution in [0.5, 0.6) is 0 Å². The van der Waals surface area contributed by atoms with Crippen LogP contribution in [0.25, 0.3) is 50.2 Å². The molecule has 6 rings (SSSR count). The summed E-state index contributed by atoms with van der Waals surface area (Å²) in [7, 11) is 0. The van der Waals surface area contributed by atoms with Crippen LogP contribution in [0.4, 0.5) is 0 Å². The summed E-state index contributed by atoms with van der Waals surface area (Å²) in [6, 6.07) is 25.0. The number of rotatable bonds is 2. The number of furan rings is 1. The number of aromatic nitrogens is 3. The number of pyridine rings is 1. The van der Waals surface area contributed by atoms with Crippen LogP contribution < -0.4 is 0 Å². The molecule has 0 aliphatic heterocycles. The maximum Gasteiger partial charge on any atom is 0.178 e.